The van der Waals surface area contributed by atoms with Crippen molar-refractivity contribution in [1.29, 1.82) is 0 Å². The van der Waals surface area contributed by atoms with Crippen LogP contribution in [0, 0.1) is 6.92 Å². The van der Waals surface area contributed by atoms with Crippen molar-refractivity contribution in [1.82, 2.24) is 15.9 Å². The molecule has 1 aliphatic heterocycles. The normalized spacial score (nSPS) is 13.8. The first-order chi connectivity index (χ1) is 19.5. The van der Waals surface area contributed by atoms with E-state index in [0.29, 0.717) is 16.9 Å². The summed E-state index contributed by atoms with van der Waals surface area (Å²) >= 11 is 0. The number of rotatable bonds is 7. The number of sulfonamides is 1. The average molecular weight is 605 g/mol. The van der Waals surface area contributed by atoms with Gasteiger partial charge in [0.15, 0.2) is 5.75 Å². The molecule has 10 nitrogen and oxygen atoms in total. The third-order valence-electron chi connectivity index (χ3n) is 6.37. The zero-order chi connectivity index (χ0) is 31.0. The van der Waals surface area contributed by atoms with Gasteiger partial charge in [0, 0.05) is 23.5 Å². The molecule has 0 radical (unpaired) electrons. The van der Waals surface area contributed by atoms with Crippen molar-refractivity contribution in [3.63, 3.8) is 0 Å². The van der Waals surface area contributed by atoms with E-state index in [0.717, 1.165) is 29.6 Å². The second-order valence-electron chi connectivity index (χ2n) is 10.8. The van der Waals surface area contributed by atoms with E-state index in [4.69, 9.17) is 4.74 Å². The van der Waals surface area contributed by atoms with Crippen LogP contribution in [0.15, 0.2) is 54.9 Å². The minimum atomic E-state index is -4.54. The minimum Gasteiger partial charge on any atom is -0.492 e. The van der Waals surface area contributed by atoms with Crippen LogP contribution in [0.1, 0.15) is 53.5 Å². The van der Waals surface area contributed by atoms with E-state index in [-0.39, 0.29) is 28.1 Å². The predicted octanol–water partition coefficient (Wildman–Crippen LogP) is 5.17. The van der Waals surface area contributed by atoms with Crippen molar-refractivity contribution in [3.05, 3.63) is 82.8 Å². The van der Waals surface area contributed by atoms with Crippen LogP contribution < -0.4 is 30.7 Å². The molecule has 0 bridgehead atoms. The molecule has 0 spiro atoms. The van der Waals surface area contributed by atoms with Gasteiger partial charge in [-0.05, 0) is 59.9 Å². The van der Waals surface area contributed by atoms with Crippen LogP contribution in [0.2, 0.25) is 0 Å². The lowest BCUT2D eigenvalue weighted by Crippen LogP contribution is -2.36. The number of nitrogens with zero attached hydrogens (tertiary/aromatic N) is 2. The molecule has 0 atom stereocenters. The maximum absolute atomic E-state index is 13.4. The fourth-order valence-electron chi connectivity index (χ4n) is 4.17. The molecule has 0 saturated carbocycles. The molecule has 4 rings (SSSR count). The Hall–Kier alpha value is -4.30. The van der Waals surface area contributed by atoms with E-state index >= 15 is 0 Å². The number of pyridine rings is 1. The lowest BCUT2D eigenvalue weighted by atomic mass is 9.86. The molecule has 2 heterocycles. The molecule has 0 aliphatic carbocycles. The molecular formula is C28H31F3N6O4S. The monoisotopic (exact) mass is 604 g/mol. The first-order valence-corrected chi connectivity index (χ1v) is 14.5. The van der Waals surface area contributed by atoms with Crippen LogP contribution in [0.25, 0.3) is 5.70 Å². The molecule has 0 unspecified atom stereocenters. The van der Waals surface area contributed by atoms with Gasteiger partial charge in [0.1, 0.15) is 5.69 Å². The van der Waals surface area contributed by atoms with Crippen LogP contribution in [0.5, 0.6) is 5.75 Å². The molecule has 0 fully saturated rings. The maximum Gasteiger partial charge on any atom is 0.433 e. The van der Waals surface area contributed by atoms with Gasteiger partial charge >= 0.3 is 6.18 Å². The highest BCUT2D eigenvalue weighted by molar-refractivity contribution is 7.92. The zero-order valence-corrected chi connectivity index (χ0v) is 24.6. The zero-order valence-electron chi connectivity index (χ0n) is 23.8. The van der Waals surface area contributed by atoms with Gasteiger partial charge in [0.05, 0.1) is 36.1 Å². The number of carbonyl (C=O) groups excluding carboxylic acids is 1. The number of amides is 1. The molecule has 4 N–H and O–H groups in total. The molecule has 1 aliphatic rings. The molecule has 0 saturated heterocycles. The quantitative estimate of drug-likeness (QED) is 0.291. The molecular weight excluding hydrogens is 573 g/mol. The van der Waals surface area contributed by atoms with Gasteiger partial charge in [-0.1, -0.05) is 26.8 Å². The summed E-state index contributed by atoms with van der Waals surface area (Å²) in [5.74, 6) is -0.327. The Labute approximate surface area is 242 Å². The highest BCUT2D eigenvalue weighted by Gasteiger charge is 2.32. The van der Waals surface area contributed by atoms with E-state index in [9.17, 15) is 26.4 Å². The summed E-state index contributed by atoms with van der Waals surface area (Å²) in [5.41, 5.74) is 8.26. The number of carbonyl (C=O) groups is 1. The van der Waals surface area contributed by atoms with Crippen molar-refractivity contribution >= 4 is 38.7 Å². The van der Waals surface area contributed by atoms with Crippen molar-refractivity contribution in [2.24, 2.45) is 0 Å². The number of nitrogens with one attached hydrogen (secondary N) is 4. The molecule has 2 aromatic carbocycles. The van der Waals surface area contributed by atoms with E-state index in [2.05, 4.69) is 26.0 Å². The van der Waals surface area contributed by atoms with E-state index in [1.165, 1.54) is 13.2 Å². The van der Waals surface area contributed by atoms with Gasteiger partial charge in [-0.3, -0.25) is 19.5 Å². The smallest absolute Gasteiger partial charge is 0.433 e. The molecule has 1 aromatic heterocycles. The summed E-state index contributed by atoms with van der Waals surface area (Å²) < 4.78 is 70.6. The SMILES string of the molecule is COc1c(NC(=O)c2ccc(C)c(N3C=C(c4ccc(C(F)(F)F)nc4)NN3)c2)cc(C(C)(C)C)cc1NS(C)(=O)=O. The largest absolute Gasteiger partial charge is 0.492 e. The standard InChI is InChI=1S/C28H31F3N6O4S/c1-16-7-8-17(11-23(16)37-15-22(34-36-37)18-9-10-24(32-14-18)28(29,30)31)26(38)33-20-12-19(27(2,3)4)13-21(25(20)41-5)35-42(6,39)40/h7-15,34-36H,1-6H3,(H,33,38). The van der Waals surface area contributed by atoms with Crippen molar-refractivity contribution < 1.29 is 31.1 Å². The second kappa shape index (κ2) is 11.2. The Balaban J connectivity index is 1.64. The van der Waals surface area contributed by atoms with E-state index < -0.39 is 27.8 Å². The summed E-state index contributed by atoms with van der Waals surface area (Å²) in [6, 6.07) is 10.6. The van der Waals surface area contributed by atoms with Crippen LogP contribution in [-0.2, 0) is 21.6 Å². The number of hydrazine groups is 2. The van der Waals surface area contributed by atoms with E-state index in [1.807, 2.05) is 27.7 Å². The highest BCUT2D eigenvalue weighted by atomic mass is 32.2. The molecule has 1 amide bonds. The summed E-state index contributed by atoms with van der Waals surface area (Å²) in [5, 5.41) is 4.43. The lowest BCUT2D eigenvalue weighted by molar-refractivity contribution is -0.141. The fourth-order valence-corrected chi connectivity index (χ4v) is 4.72. The number of aryl methyl sites for hydroxylation is 1. The summed E-state index contributed by atoms with van der Waals surface area (Å²) in [6.07, 6.45) is -0.761. The number of alkyl halides is 3. The Morgan fingerprint density at radius 1 is 1.05 bits per heavy atom. The molecule has 14 heteroatoms. The Morgan fingerprint density at radius 3 is 2.31 bits per heavy atom. The highest BCUT2D eigenvalue weighted by Crippen LogP contribution is 2.39. The summed E-state index contributed by atoms with van der Waals surface area (Å²) in [6.45, 7) is 7.70. The summed E-state index contributed by atoms with van der Waals surface area (Å²) in [4.78, 5) is 16.9. The molecule has 42 heavy (non-hydrogen) atoms. The van der Waals surface area contributed by atoms with Crippen LogP contribution in [0.3, 0.4) is 0 Å². The van der Waals surface area contributed by atoms with Crippen molar-refractivity contribution in [2.75, 3.05) is 28.4 Å². The topological polar surface area (TPSA) is 125 Å². The first kappa shape index (κ1) is 30.7. The fraction of sp³-hybridized carbons (Fsp3) is 0.286. The number of aromatic nitrogens is 1. The average Bonchev–Trinajstić information content (AvgIpc) is 3.37. The number of benzene rings is 2. The number of methoxy groups -OCH3 is 1. The van der Waals surface area contributed by atoms with E-state index in [1.54, 1.807) is 41.5 Å². The van der Waals surface area contributed by atoms with Crippen molar-refractivity contribution in [3.8, 4) is 5.75 Å². The Kier molecular flexibility index (Phi) is 8.16. The Bertz CT molecular complexity index is 1650. The number of hydrogen-bond donors (Lipinski definition) is 4. The van der Waals surface area contributed by atoms with Gasteiger partial charge in [-0.25, -0.2) is 8.42 Å². The first-order valence-electron chi connectivity index (χ1n) is 12.6. The summed E-state index contributed by atoms with van der Waals surface area (Å²) in [7, 11) is -2.27. The number of anilines is 3. The van der Waals surface area contributed by atoms with Gasteiger partial charge in [0.25, 0.3) is 5.91 Å². The minimum absolute atomic E-state index is 0.150. The lowest BCUT2D eigenvalue weighted by Gasteiger charge is -2.24. The second-order valence-corrected chi connectivity index (χ2v) is 12.5. The van der Waals surface area contributed by atoms with Gasteiger partial charge in [0.2, 0.25) is 10.0 Å². The number of ether oxygens (including phenoxy) is 1. The molecule has 3 aromatic rings. The number of hydrogen-bond acceptors (Lipinski definition) is 8. The van der Waals surface area contributed by atoms with Gasteiger partial charge in [-0.15, -0.1) is 5.53 Å². The maximum atomic E-state index is 13.4. The third-order valence-corrected chi connectivity index (χ3v) is 6.96. The molecule has 224 valence electrons. The van der Waals surface area contributed by atoms with Gasteiger partial charge < -0.3 is 15.5 Å². The predicted molar refractivity (Wildman–Crippen MR) is 155 cm³/mol. The van der Waals surface area contributed by atoms with Crippen LogP contribution in [-0.4, -0.2) is 32.7 Å². The number of halogens is 3. The van der Waals surface area contributed by atoms with Crippen molar-refractivity contribution in [2.45, 2.75) is 39.3 Å². The van der Waals surface area contributed by atoms with Crippen LogP contribution >= 0.6 is 0 Å². The third kappa shape index (κ3) is 6.94. The van der Waals surface area contributed by atoms with Gasteiger partial charge in [-0.2, -0.15) is 13.2 Å². The van der Waals surface area contributed by atoms with Crippen LogP contribution in [0.4, 0.5) is 30.2 Å². The Morgan fingerprint density at radius 2 is 1.74 bits per heavy atom.